The quantitative estimate of drug-likeness (QED) is 0.665. The molecule has 0 amide bonds. The number of hydrogen-bond donors (Lipinski definition) is 2. The molecule has 138 valence electrons. The molecule has 0 aromatic carbocycles. The Hall–Kier alpha value is -0.780. The minimum absolute atomic E-state index is 0.700. The lowest BCUT2D eigenvalue weighted by Crippen LogP contribution is -2.20. The van der Waals surface area contributed by atoms with E-state index in [9.17, 15) is 0 Å². The summed E-state index contributed by atoms with van der Waals surface area (Å²) in [6.45, 7) is 13.8. The predicted molar refractivity (Wildman–Crippen MR) is 96.6 cm³/mol. The lowest BCUT2D eigenvalue weighted by molar-refractivity contribution is -0.106. The van der Waals surface area contributed by atoms with Crippen molar-refractivity contribution in [2.75, 3.05) is 33.8 Å². The van der Waals surface area contributed by atoms with E-state index in [1.807, 2.05) is 0 Å². The first-order valence-electron chi connectivity index (χ1n) is 8.51. The van der Waals surface area contributed by atoms with Crippen molar-refractivity contribution in [3.05, 3.63) is 0 Å². The van der Waals surface area contributed by atoms with E-state index in [1.165, 1.54) is 46.3 Å². The summed E-state index contributed by atoms with van der Waals surface area (Å²) in [5, 5.41) is 10.4. The summed E-state index contributed by atoms with van der Waals surface area (Å²) in [7, 11) is 3.19. The van der Waals surface area contributed by atoms with Gasteiger partial charge in [0, 0.05) is 13.2 Å². The minimum atomic E-state index is 0.700. The van der Waals surface area contributed by atoms with E-state index in [1.54, 1.807) is 0 Å². The number of aliphatic hydroxyl groups excluding tert-OH is 1. The Kier molecular flexibility index (Phi) is 14.5. The van der Waals surface area contributed by atoms with Gasteiger partial charge in [0.15, 0.2) is 0 Å². The van der Waals surface area contributed by atoms with Gasteiger partial charge in [0.25, 0.3) is 0 Å². The van der Waals surface area contributed by atoms with Crippen molar-refractivity contribution in [3.63, 3.8) is 0 Å². The van der Waals surface area contributed by atoms with Crippen LogP contribution in [0.5, 0.6) is 0 Å². The Labute approximate surface area is 142 Å². The number of rotatable bonds is 0. The van der Waals surface area contributed by atoms with Gasteiger partial charge in [0.05, 0.1) is 0 Å². The number of aliphatic hydroxyl groups is 1. The highest BCUT2D eigenvalue weighted by atomic mass is 16.2. The maximum absolute atomic E-state index is 8.81. The average Bonchev–Trinajstić information content (AvgIpc) is 2.94. The SMILES string of the molecule is CC1(C)C2CNCC21.CC1CCCN1C.CC=O.CC=O.CO. The van der Waals surface area contributed by atoms with Crippen LogP contribution in [-0.2, 0) is 9.59 Å². The van der Waals surface area contributed by atoms with Crippen LogP contribution in [0.15, 0.2) is 0 Å². The van der Waals surface area contributed by atoms with Crippen LogP contribution in [0.25, 0.3) is 0 Å². The molecule has 0 radical (unpaired) electrons. The highest BCUT2D eigenvalue weighted by molar-refractivity contribution is 5.44. The summed E-state index contributed by atoms with van der Waals surface area (Å²) >= 11 is 0. The molecule has 1 aliphatic carbocycles. The normalized spacial score (nSPS) is 28.8. The number of carbonyl (C=O) groups is 2. The van der Waals surface area contributed by atoms with E-state index >= 15 is 0 Å². The molecule has 23 heavy (non-hydrogen) atoms. The Morgan fingerprint density at radius 2 is 1.48 bits per heavy atom. The number of hydrogen-bond acceptors (Lipinski definition) is 5. The molecule has 0 aromatic rings. The van der Waals surface area contributed by atoms with Gasteiger partial charge in [-0.3, -0.25) is 0 Å². The van der Waals surface area contributed by atoms with Gasteiger partial charge in [-0.1, -0.05) is 13.8 Å². The first-order valence-corrected chi connectivity index (χ1v) is 8.51. The van der Waals surface area contributed by atoms with Crippen LogP contribution in [-0.4, -0.2) is 62.4 Å². The van der Waals surface area contributed by atoms with Crippen molar-refractivity contribution in [3.8, 4) is 0 Å². The molecule has 5 heteroatoms. The third-order valence-electron chi connectivity index (χ3n) is 4.90. The summed E-state index contributed by atoms with van der Waals surface area (Å²) in [4.78, 5) is 20.0. The second-order valence-electron chi connectivity index (χ2n) is 6.64. The molecule has 3 fully saturated rings. The van der Waals surface area contributed by atoms with E-state index in [2.05, 4.69) is 38.0 Å². The summed E-state index contributed by atoms with van der Waals surface area (Å²) in [5.74, 6) is 2.03. The van der Waals surface area contributed by atoms with Gasteiger partial charge < -0.3 is 24.9 Å². The van der Waals surface area contributed by atoms with Gasteiger partial charge in [-0.2, -0.15) is 0 Å². The number of fused-ring (bicyclic) bond motifs is 1. The number of likely N-dealkylation sites (tertiary alicyclic amines) is 1. The van der Waals surface area contributed by atoms with Crippen molar-refractivity contribution in [1.29, 1.82) is 0 Å². The number of aldehydes is 2. The molecule has 2 N–H and O–H groups in total. The molecule has 1 saturated carbocycles. The molecular formula is C18H38N2O3. The summed E-state index contributed by atoms with van der Waals surface area (Å²) in [5.41, 5.74) is 0.700. The molecule has 5 nitrogen and oxygen atoms in total. The molecule has 2 saturated heterocycles. The maximum atomic E-state index is 8.81. The molecule has 0 bridgehead atoms. The van der Waals surface area contributed by atoms with E-state index in [0.717, 1.165) is 37.6 Å². The lowest BCUT2D eigenvalue weighted by Gasteiger charge is -2.12. The van der Waals surface area contributed by atoms with E-state index < -0.39 is 0 Å². The largest absolute Gasteiger partial charge is 0.400 e. The zero-order valence-electron chi connectivity index (χ0n) is 16.1. The van der Waals surface area contributed by atoms with Crippen molar-refractivity contribution in [1.82, 2.24) is 10.2 Å². The van der Waals surface area contributed by atoms with Crippen LogP contribution in [0.3, 0.4) is 0 Å². The average molecular weight is 331 g/mol. The second kappa shape index (κ2) is 13.6. The zero-order chi connectivity index (χ0) is 18.5. The molecule has 3 atom stereocenters. The van der Waals surface area contributed by atoms with Gasteiger partial charge in [-0.15, -0.1) is 0 Å². The van der Waals surface area contributed by atoms with Crippen molar-refractivity contribution >= 4 is 12.6 Å². The highest BCUT2D eigenvalue weighted by Crippen LogP contribution is 2.59. The fourth-order valence-electron chi connectivity index (χ4n) is 3.14. The van der Waals surface area contributed by atoms with Crippen LogP contribution < -0.4 is 5.32 Å². The fourth-order valence-corrected chi connectivity index (χ4v) is 3.14. The summed E-state index contributed by atoms with van der Waals surface area (Å²) in [6, 6.07) is 0.847. The van der Waals surface area contributed by atoms with Crippen LogP contribution >= 0.6 is 0 Å². The molecule has 0 aromatic heterocycles. The van der Waals surface area contributed by atoms with Crippen LogP contribution in [0.2, 0.25) is 0 Å². The fraction of sp³-hybridized carbons (Fsp3) is 0.889. The Morgan fingerprint density at radius 1 is 1.09 bits per heavy atom. The topological polar surface area (TPSA) is 69.6 Å². The standard InChI is InChI=1S/C7H13N.C6H13N.2C2H4O.CH4O/c1-7(2)5-3-8-4-6(5)7;1-6-4-3-5-7(6)2;2*1-2-3;1-2/h5-6,8H,3-4H2,1-2H3;6H,3-5H2,1-2H3;2*2H,1H3;2H,1H3. The molecule has 2 aliphatic heterocycles. The first-order chi connectivity index (χ1) is 10.9. The van der Waals surface area contributed by atoms with Crippen molar-refractivity contribution in [2.24, 2.45) is 17.3 Å². The molecule has 3 rings (SSSR count). The first kappa shape index (κ1) is 24.5. The minimum Gasteiger partial charge on any atom is -0.400 e. The second-order valence-corrected chi connectivity index (χ2v) is 6.64. The Balaban J connectivity index is 0. The Morgan fingerprint density at radius 3 is 1.61 bits per heavy atom. The van der Waals surface area contributed by atoms with Crippen LogP contribution in [0.1, 0.15) is 47.5 Å². The zero-order valence-corrected chi connectivity index (χ0v) is 16.1. The van der Waals surface area contributed by atoms with Crippen LogP contribution in [0.4, 0.5) is 0 Å². The van der Waals surface area contributed by atoms with Gasteiger partial charge in [-0.05, 0) is 77.5 Å². The van der Waals surface area contributed by atoms with E-state index in [0.29, 0.717) is 5.41 Å². The third-order valence-corrected chi connectivity index (χ3v) is 4.90. The smallest absolute Gasteiger partial charge is 0.116 e. The van der Waals surface area contributed by atoms with Crippen molar-refractivity contribution < 1.29 is 14.7 Å². The van der Waals surface area contributed by atoms with Crippen molar-refractivity contribution in [2.45, 2.75) is 53.5 Å². The molecule has 3 aliphatic rings. The van der Waals surface area contributed by atoms with Gasteiger partial charge in [0.2, 0.25) is 0 Å². The third kappa shape index (κ3) is 9.18. The predicted octanol–water partition coefficient (Wildman–Crippen LogP) is 1.98. The monoisotopic (exact) mass is 330 g/mol. The van der Waals surface area contributed by atoms with E-state index in [-0.39, 0.29) is 0 Å². The molecule has 0 spiro atoms. The number of nitrogens with zero attached hydrogens (tertiary/aromatic N) is 1. The maximum Gasteiger partial charge on any atom is 0.116 e. The molecule has 2 heterocycles. The van der Waals surface area contributed by atoms with Gasteiger partial charge in [0.1, 0.15) is 12.6 Å². The lowest BCUT2D eigenvalue weighted by atomic mass is 10.1. The summed E-state index contributed by atoms with van der Waals surface area (Å²) in [6.07, 6.45) is 4.30. The number of nitrogens with one attached hydrogen (secondary N) is 1. The number of piperidine rings is 1. The van der Waals surface area contributed by atoms with Crippen LogP contribution in [0, 0.1) is 17.3 Å². The summed E-state index contributed by atoms with van der Waals surface area (Å²) < 4.78 is 0. The molecular weight excluding hydrogens is 292 g/mol. The molecule has 3 unspecified atom stereocenters. The van der Waals surface area contributed by atoms with E-state index in [4.69, 9.17) is 14.7 Å². The van der Waals surface area contributed by atoms with Gasteiger partial charge >= 0.3 is 0 Å². The number of carbonyl (C=O) groups excluding carboxylic acids is 2. The highest BCUT2D eigenvalue weighted by Gasteiger charge is 2.59. The Bertz CT molecular complexity index is 283. The van der Waals surface area contributed by atoms with Gasteiger partial charge in [-0.25, -0.2) is 0 Å².